The van der Waals surface area contributed by atoms with Crippen molar-refractivity contribution in [3.63, 3.8) is 0 Å². The Hall–Kier alpha value is -1.92. The Morgan fingerprint density at radius 1 is 1.06 bits per heavy atom. The zero-order valence-electron chi connectivity index (χ0n) is 22.5. The maximum absolute atomic E-state index is 13.7. The molecule has 35 heavy (non-hydrogen) atoms. The maximum Gasteiger partial charge on any atom is 0.321 e. The Bertz CT molecular complexity index is 859. The minimum atomic E-state index is -0.135. The van der Waals surface area contributed by atoms with Crippen molar-refractivity contribution in [1.82, 2.24) is 19.6 Å². The van der Waals surface area contributed by atoms with Crippen LogP contribution in [0.3, 0.4) is 0 Å². The molecule has 2 saturated carbocycles. The van der Waals surface area contributed by atoms with E-state index in [2.05, 4.69) is 73.1 Å². The van der Waals surface area contributed by atoms with Crippen LogP contribution in [0, 0.1) is 5.92 Å². The summed E-state index contributed by atoms with van der Waals surface area (Å²) in [5, 5.41) is 0. The van der Waals surface area contributed by atoms with Crippen molar-refractivity contribution in [2.45, 2.75) is 75.8 Å². The number of carbonyl (C=O) groups is 2. The first-order valence-corrected chi connectivity index (χ1v) is 13.8. The van der Waals surface area contributed by atoms with Gasteiger partial charge in [-0.15, -0.1) is 0 Å². The molecule has 1 spiro atoms. The van der Waals surface area contributed by atoms with E-state index < -0.39 is 0 Å². The number of rotatable bonds is 11. The molecule has 0 atom stereocenters. The number of nitrogens with zero attached hydrogens (tertiary/aromatic N) is 4. The zero-order chi connectivity index (χ0) is 25.1. The van der Waals surface area contributed by atoms with E-state index in [1.807, 2.05) is 4.90 Å². The summed E-state index contributed by atoms with van der Waals surface area (Å²) in [6, 6.07) is 11.0. The van der Waals surface area contributed by atoms with Crippen LogP contribution in [-0.4, -0.2) is 90.8 Å². The van der Waals surface area contributed by atoms with Gasteiger partial charge in [-0.25, -0.2) is 4.79 Å². The highest BCUT2D eigenvalue weighted by Gasteiger charge is 2.55. The maximum atomic E-state index is 13.7. The van der Waals surface area contributed by atoms with Crippen molar-refractivity contribution in [3.05, 3.63) is 35.9 Å². The quantitative estimate of drug-likeness (QED) is 0.463. The molecule has 1 aromatic carbocycles. The Morgan fingerprint density at radius 3 is 2.31 bits per heavy atom. The third kappa shape index (κ3) is 5.43. The molecule has 0 radical (unpaired) electrons. The molecular weight excluding hydrogens is 436 g/mol. The van der Waals surface area contributed by atoms with E-state index in [0.29, 0.717) is 18.9 Å². The summed E-state index contributed by atoms with van der Waals surface area (Å²) >= 11 is 0. The van der Waals surface area contributed by atoms with Gasteiger partial charge < -0.3 is 14.7 Å². The smallest absolute Gasteiger partial charge is 0.317 e. The van der Waals surface area contributed by atoms with Gasteiger partial charge in [0.15, 0.2) is 5.78 Å². The molecule has 0 N–H and O–H groups in total. The monoisotopic (exact) mass is 482 g/mol. The van der Waals surface area contributed by atoms with E-state index in [-0.39, 0.29) is 29.4 Å². The fraction of sp³-hybridized carbons (Fsp3) is 0.724. The van der Waals surface area contributed by atoms with E-state index in [4.69, 9.17) is 0 Å². The van der Waals surface area contributed by atoms with Crippen molar-refractivity contribution < 1.29 is 9.59 Å². The predicted molar refractivity (Wildman–Crippen MR) is 141 cm³/mol. The molecule has 194 valence electrons. The second-order valence-corrected chi connectivity index (χ2v) is 11.6. The summed E-state index contributed by atoms with van der Waals surface area (Å²) in [6.07, 6.45) is 9.21. The zero-order valence-corrected chi connectivity index (χ0v) is 22.5. The topological polar surface area (TPSA) is 47.1 Å². The van der Waals surface area contributed by atoms with Crippen molar-refractivity contribution >= 4 is 11.8 Å². The average Bonchev–Trinajstić information content (AvgIpc) is 3.07. The molecular formula is C29H46N4O2. The molecule has 3 fully saturated rings. The molecule has 0 bridgehead atoms. The molecule has 2 aliphatic carbocycles. The van der Waals surface area contributed by atoms with Crippen LogP contribution in [0.5, 0.6) is 0 Å². The van der Waals surface area contributed by atoms with Gasteiger partial charge in [0, 0.05) is 25.0 Å². The fourth-order valence-corrected chi connectivity index (χ4v) is 6.51. The molecule has 1 heterocycles. The van der Waals surface area contributed by atoms with Crippen LogP contribution in [0.2, 0.25) is 0 Å². The van der Waals surface area contributed by atoms with Gasteiger partial charge in [0.1, 0.15) is 0 Å². The highest BCUT2D eigenvalue weighted by atomic mass is 16.2. The molecule has 4 rings (SSSR count). The number of hydrogen-bond donors (Lipinski definition) is 0. The van der Waals surface area contributed by atoms with Crippen molar-refractivity contribution in [2.75, 3.05) is 53.9 Å². The number of carbonyl (C=O) groups excluding carboxylic acids is 2. The van der Waals surface area contributed by atoms with Crippen LogP contribution in [0.15, 0.2) is 30.3 Å². The SMILES string of the molecule is CCN(C)CCCC(=O)CN1CC2(CCC(c3ccccc3)(N(C)C)CC2)N(CC2CCC2)C1=O. The first-order chi connectivity index (χ1) is 16.8. The number of Topliss-reactive ketones (excluding diaryl/α,β-unsaturated/α-hetero) is 1. The Kier molecular flexibility index (Phi) is 8.22. The Morgan fingerprint density at radius 2 is 1.74 bits per heavy atom. The predicted octanol–water partition coefficient (Wildman–Crippen LogP) is 4.60. The molecule has 1 aromatic rings. The molecule has 0 unspecified atom stereocenters. The second kappa shape index (κ2) is 11.0. The molecule has 0 aromatic heterocycles. The lowest BCUT2D eigenvalue weighted by Gasteiger charge is -2.51. The lowest BCUT2D eigenvalue weighted by atomic mass is 9.68. The van der Waals surface area contributed by atoms with E-state index >= 15 is 0 Å². The van der Waals surface area contributed by atoms with E-state index in [9.17, 15) is 9.59 Å². The highest BCUT2D eigenvalue weighted by Crippen LogP contribution is 2.49. The molecule has 2 amide bonds. The Balaban J connectivity index is 1.47. The summed E-state index contributed by atoms with van der Waals surface area (Å²) < 4.78 is 0. The van der Waals surface area contributed by atoms with Crippen molar-refractivity contribution in [1.29, 1.82) is 0 Å². The number of ketones is 1. The second-order valence-electron chi connectivity index (χ2n) is 11.6. The summed E-state index contributed by atoms with van der Waals surface area (Å²) in [7, 11) is 6.47. The summed E-state index contributed by atoms with van der Waals surface area (Å²) in [4.78, 5) is 35.2. The van der Waals surface area contributed by atoms with E-state index in [1.54, 1.807) is 0 Å². The first kappa shape index (κ1) is 26.2. The number of hydrogen-bond acceptors (Lipinski definition) is 4. The van der Waals surface area contributed by atoms with E-state index in [0.717, 1.165) is 51.7 Å². The number of amides is 2. The minimum Gasteiger partial charge on any atom is -0.317 e. The van der Waals surface area contributed by atoms with Crippen molar-refractivity contribution in [3.8, 4) is 0 Å². The highest BCUT2D eigenvalue weighted by molar-refractivity contribution is 5.87. The molecule has 3 aliphatic rings. The van der Waals surface area contributed by atoms with Crippen LogP contribution >= 0.6 is 0 Å². The fourth-order valence-electron chi connectivity index (χ4n) is 6.51. The number of urea groups is 1. The molecule has 1 saturated heterocycles. The van der Waals surface area contributed by atoms with Crippen LogP contribution in [-0.2, 0) is 10.3 Å². The van der Waals surface area contributed by atoms with Gasteiger partial charge in [-0.3, -0.25) is 9.69 Å². The van der Waals surface area contributed by atoms with Gasteiger partial charge in [0.25, 0.3) is 0 Å². The third-order valence-corrected chi connectivity index (χ3v) is 9.30. The van der Waals surface area contributed by atoms with Crippen LogP contribution in [0.4, 0.5) is 4.79 Å². The standard InChI is InChI=1S/C29H46N4O2/c1-5-31(4)20-10-15-26(34)22-32-23-28(33(27(32)35)21-24-11-9-12-24)16-18-29(19-17-28,30(2)3)25-13-7-6-8-14-25/h6-8,13-14,24H,5,9-12,15-23H2,1-4H3. The van der Waals surface area contributed by atoms with Gasteiger partial charge in [-0.2, -0.15) is 0 Å². The van der Waals surface area contributed by atoms with Gasteiger partial charge in [0.05, 0.1) is 12.1 Å². The lowest BCUT2D eigenvalue weighted by Crippen LogP contribution is -2.56. The van der Waals surface area contributed by atoms with Crippen molar-refractivity contribution in [2.24, 2.45) is 5.92 Å². The average molecular weight is 483 g/mol. The van der Waals surface area contributed by atoms with Crippen LogP contribution < -0.4 is 0 Å². The molecule has 6 heteroatoms. The molecule has 1 aliphatic heterocycles. The molecule has 6 nitrogen and oxygen atoms in total. The van der Waals surface area contributed by atoms with Crippen LogP contribution in [0.1, 0.15) is 70.3 Å². The largest absolute Gasteiger partial charge is 0.321 e. The van der Waals surface area contributed by atoms with Crippen LogP contribution in [0.25, 0.3) is 0 Å². The van der Waals surface area contributed by atoms with Gasteiger partial charge in [0.2, 0.25) is 0 Å². The van der Waals surface area contributed by atoms with Gasteiger partial charge >= 0.3 is 6.03 Å². The van der Waals surface area contributed by atoms with Gasteiger partial charge in [-0.1, -0.05) is 43.7 Å². The van der Waals surface area contributed by atoms with Gasteiger partial charge in [-0.05, 0) is 90.7 Å². The summed E-state index contributed by atoms with van der Waals surface area (Å²) in [5.41, 5.74) is 1.24. The summed E-state index contributed by atoms with van der Waals surface area (Å²) in [6.45, 7) is 5.90. The summed E-state index contributed by atoms with van der Waals surface area (Å²) in [5.74, 6) is 0.831. The third-order valence-electron chi connectivity index (χ3n) is 9.30. The Labute approximate surface area is 212 Å². The normalized spacial score (nSPS) is 27.3. The minimum absolute atomic E-state index is 0.00619. The first-order valence-electron chi connectivity index (χ1n) is 13.8. The van der Waals surface area contributed by atoms with E-state index in [1.165, 1.54) is 24.8 Å². The lowest BCUT2D eigenvalue weighted by molar-refractivity contribution is -0.119. The number of benzene rings is 1.